The van der Waals surface area contributed by atoms with Gasteiger partial charge in [0.15, 0.2) is 0 Å². The molecule has 1 fully saturated rings. The summed E-state index contributed by atoms with van der Waals surface area (Å²) in [7, 11) is 0. The molecule has 0 atom stereocenters. The number of halogens is 2. The number of rotatable bonds is 7. The van der Waals surface area contributed by atoms with E-state index >= 15 is 0 Å². The highest BCUT2D eigenvalue weighted by molar-refractivity contribution is 5.47. The van der Waals surface area contributed by atoms with E-state index in [2.05, 4.69) is 10.3 Å². The number of amides is 1. The Morgan fingerprint density at radius 1 is 1.43 bits per heavy atom. The second-order valence-corrected chi connectivity index (χ2v) is 5.13. The number of carbonyl (C=O) groups excluding carboxylic acids is 1. The van der Waals surface area contributed by atoms with Gasteiger partial charge < -0.3 is 15.0 Å². The first-order valence-electron chi connectivity index (χ1n) is 6.95. The molecule has 1 aromatic heterocycles. The van der Waals surface area contributed by atoms with Crippen LogP contribution >= 0.6 is 0 Å². The van der Waals surface area contributed by atoms with Gasteiger partial charge in [0.2, 0.25) is 12.3 Å². The Morgan fingerprint density at radius 3 is 2.81 bits per heavy atom. The average molecular weight is 299 g/mol. The molecular weight excluding hydrogens is 280 g/mol. The average Bonchev–Trinajstić information content (AvgIpc) is 2.50. The number of piperidine rings is 1. The number of hydrogen-bond acceptors (Lipinski definition) is 4. The lowest BCUT2D eigenvalue weighted by molar-refractivity contribution is -0.120. The molecule has 1 aromatic rings. The summed E-state index contributed by atoms with van der Waals surface area (Å²) in [6, 6.07) is 2.72. The summed E-state index contributed by atoms with van der Waals surface area (Å²) < 4.78 is 32.3. The Balaban J connectivity index is 1.61. The van der Waals surface area contributed by atoms with Gasteiger partial charge in [0, 0.05) is 45.1 Å². The van der Waals surface area contributed by atoms with Gasteiger partial charge >= 0.3 is 0 Å². The fourth-order valence-corrected chi connectivity index (χ4v) is 2.19. The normalized spacial score (nSPS) is 17.5. The van der Waals surface area contributed by atoms with Gasteiger partial charge in [-0.25, -0.2) is 13.8 Å². The Hall–Kier alpha value is -1.76. The van der Waals surface area contributed by atoms with Gasteiger partial charge in [-0.1, -0.05) is 0 Å². The number of hydrogen-bond donors (Lipinski definition) is 1. The molecule has 116 valence electrons. The summed E-state index contributed by atoms with van der Waals surface area (Å²) >= 11 is 0. The van der Waals surface area contributed by atoms with Crippen LogP contribution in [0, 0.1) is 5.82 Å². The van der Waals surface area contributed by atoms with Crippen LogP contribution in [0.5, 0.6) is 5.88 Å². The SMILES string of the molecule is O=CN1CCC(F)(CNCCOc2ccc(F)cn2)CC1. The molecule has 0 spiro atoms. The van der Waals surface area contributed by atoms with Gasteiger partial charge in [-0.15, -0.1) is 0 Å². The van der Waals surface area contributed by atoms with Crippen molar-refractivity contribution in [2.24, 2.45) is 0 Å². The number of alkyl halides is 1. The fourth-order valence-electron chi connectivity index (χ4n) is 2.19. The van der Waals surface area contributed by atoms with E-state index in [-0.39, 0.29) is 6.54 Å². The molecular formula is C14H19F2N3O2. The van der Waals surface area contributed by atoms with Crippen molar-refractivity contribution in [1.82, 2.24) is 15.2 Å². The quantitative estimate of drug-likeness (QED) is 0.606. The first kappa shape index (κ1) is 15.6. The standard InChI is InChI=1S/C14H19F2N3O2/c15-12-1-2-13(18-9-12)21-8-5-17-10-14(16)3-6-19(11-20)7-4-14/h1-2,9,11,17H,3-8,10H2. The number of nitrogens with one attached hydrogen (secondary N) is 1. The molecule has 1 saturated heterocycles. The van der Waals surface area contributed by atoms with E-state index in [1.807, 2.05) is 0 Å². The summed E-state index contributed by atoms with van der Waals surface area (Å²) in [5.74, 6) is -0.0750. The number of nitrogens with zero attached hydrogens (tertiary/aromatic N) is 2. The molecule has 0 aromatic carbocycles. The molecule has 1 aliphatic heterocycles. The third kappa shape index (κ3) is 4.93. The van der Waals surface area contributed by atoms with E-state index < -0.39 is 11.5 Å². The molecule has 0 radical (unpaired) electrons. The first-order chi connectivity index (χ1) is 10.1. The van der Waals surface area contributed by atoms with Crippen LogP contribution in [0.4, 0.5) is 8.78 Å². The monoisotopic (exact) mass is 299 g/mol. The number of carbonyl (C=O) groups is 1. The third-order valence-corrected chi connectivity index (χ3v) is 3.51. The molecule has 5 nitrogen and oxygen atoms in total. The molecule has 1 amide bonds. The Labute approximate surface area is 122 Å². The Bertz CT molecular complexity index is 448. The molecule has 21 heavy (non-hydrogen) atoms. The molecule has 1 aliphatic rings. The van der Waals surface area contributed by atoms with E-state index in [4.69, 9.17) is 4.74 Å². The van der Waals surface area contributed by atoms with Gasteiger partial charge in [-0.05, 0) is 6.07 Å². The highest BCUT2D eigenvalue weighted by atomic mass is 19.1. The van der Waals surface area contributed by atoms with Crippen LogP contribution in [0.15, 0.2) is 18.3 Å². The predicted molar refractivity (Wildman–Crippen MR) is 73.3 cm³/mol. The number of ether oxygens (including phenoxy) is 1. The van der Waals surface area contributed by atoms with Crippen molar-refractivity contribution in [3.8, 4) is 5.88 Å². The van der Waals surface area contributed by atoms with Crippen LogP contribution in [-0.2, 0) is 4.79 Å². The van der Waals surface area contributed by atoms with E-state index in [0.29, 0.717) is 45.0 Å². The van der Waals surface area contributed by atoms with Gasteiger partial charge in [-0.2, -0.15) is 0 Å². The second kappa shape index (κ2) is 7.31. The van der Waals surface area contributed by atoms with E-state index in [9.17, 15) is 13.6 Å². The molecule has 1 N–H and O–H groups in total. The summed E-state index contributed by atoms with van der Waals surface area (Å²) in [6.07, 6.45) is 2.54. The van der Waals surface area contributed by atoms with Crippen molar-refractivity contribution in [2.75, 3.05) is 32.8 Å². The van der Waals surface area contributed by atoms with Crippen molar-refractivity contribution in [3.63, 3.8) is 0 Å². The highest BCUT2D eigenvalue weighted by Crippen LogP contribution is 2.25. The first-order valence-corrected chi connectivity index (χ1v) is 6.95. The number of likely N-dealkylation sites (tertiary alicyclic amines) is 1. The summed E-state index contributed by atoms with van der Waals surface area (Å²) in [5.41, 5.74) is -1.27. The molecule has 0 saturated carbocycles. The molecule has 0 aliphatic carbocycles. The minimum Gasteiger partial charge on any atom is -0.476 e. The lowest BCUT2D eigenvalue weighted by Crippen LogP contribution is -2.47. The molecule has 2 heterocycles. The zero-order chi connectivity index (χ0) is 15.1. The highest BCUT2D eigenvalue weighted by Gasteiger charge is 2.33. The number of aromatic nitrogens is 1. The molecule has 0 unspecified atom stereocenters. The van der Waals surface area contributed by atoms with E-state index in [1.165, 1.54) is 12.1 Å². The maximum Gasteiger partial charge on any atom is 0.213 e. The largest absolute Gasteiger partial charge is 0.476 e. The minimum atomic E-state index is -1.27. The minimum absolute atomic E-state index is 0.236. The van der Waals surface area contributed by atoms with Crippen molar-refractivity contribution >= 4 is 6.41 Å². The smallest absolute Gasteiger partial charge is 0.213 e. The van der Waals surface area contributed by atoms with Crippen LogP contribution in [0.3, 0.4) is 0 Å². The third-order valence-electron chi connectivity index (χ3n) is 3.51. The summed E-state index contributed by atoms with van der Waals surface area (Å²) in [5, 5.41) is 3.00. The maximum absolute atomic E-state index is 14.4. The van der Waals surface area contributed by atoms with E-state index in [1.54, 1.807) is 4.90 Å². The van der Waals surface area contributed by atoms with Crippen molar-refractivity contribution in [1.29, 1.82) is 0 Å². The van der Waals surface area contributed by atoms with Crippen molar-refractivity contribution < 1.29 is 18.3 Å². The Kier molecular flexibility index (Phi) is 5.44. The van der Waals surface area contributed by atoms with Crippen LogP contribution < -0.4 is 10.1 Å². The van der Waals surface area contributed by atoms with Gasteiger partial charge in [-0.3, -0.25) is 4.79 Å². The maximum atomic E-state index is 14.4. The van der Waals surface area contributed by atoms with Crippen LogP contribution in [0.2, 0.25) is 0 Å². The summed E-state index contributed by atoms with van der Waals surface area (Å²) in [6.45, 7) is 1.95. The lowest BCUT2D eigenvalue weighted by atomic mass is 9.93. The van der Waals surface area contributed by atoms with Crippen LogP contribution in [-0.4, -0.2) is 54.7 Å². The van der Waals surface area contributed by atoms with Crippen molar-refractivity contribution in [2.45, 2.75) is 18.5 Å². The van der Waals surface area contributed by atoms with Crippen LogP contribution in [0.25, 0.3) is 0 Å². The fraction of sp³-hybridized carbons (Fsp3) is 0.571. The molecule has 2 rings (SSSR count). The zero-order valence-corrected chi connectivity index (χ0v) is 11.7. The number of pyridine rings is 1. The van der Waals surface area contributed by atoms with Gasteiger partial charge in [0.25, 0.3) is 0 Å². The van der Waals surface area contributed by atoms with E-state index in [0.717, 1.165) is 12.6 Å². The second-order valence-electron chi connectivity index (χ2n) is 5.13. The summed E-state index contributed by atoms with van der Waals surface area (Å²) in [4.78, 5) is 15.9. The van der Waals surface area contributed by atoms with Gasteiger partial charge in [0.05, 0.1) is 6.20 Å². The van der Waals surface area contributed by atoms with Crippen molar-refractivity contribution in [3.05, 3.63) is 24.1 Å². The predicted octanol–water partition coefficient (Wildman–Crippen LogP) is 1.15. The molecule has 0 bridgehead atoms. The zero-order valence-electron chi connectivity index (χ0n) is 11.7. The lowest BCUT2D eigenvalue weighted by Gasteiger charge is -2.34. The van der Waals surface area contributed by atoms with Crippen LogP contribution in [0.1, 0.15) is 12.8 Å². The Morgan fingerprint density at radius 2 is 2.19 bits per heavy atom. The molecule has 7 heteroatoms. The van der Waals surface area contributed by atoms with Gasteiger partial charge in [0.1, 0.15) is 18.1 Å². The topological polar surface area (TPSA) is 54.5 Å².